The summed E-state index contributed by atoms with van der Waals surface area (Å²) in [6.07, 6.45) is 3.60. The summed E-state index contributed by atoms with van der Waals surface area (Å²) in [5, 5.41) is 10.7. The van der Waals surface area contributed by atoms with Crippen molar-refractivity contribution in [1.29, 1.82) is 0 Å². The Kier molecular flexibility index (Phi) is 8.56. The number of aromatic amines is 1. The normalized spacial score (nSPS) is 26.0. The molecule has 238 valence electrons. The van der Waals surface area contributed by atoms with E-state index in [1.807, 2.05) is 12.1 Å². The summed E-state index contributed by atoms with van der Waals surface area (Å²) in [6, 6.07) is 10.8. The molecule has 3 aliphatic rings. The van der Waals surface area contributed by atoms with Gasteiger partial charge >= 0.3 is 17.9 Å². The average molecular weight is 619 g/mol. The second-order valence-corrected chi connectivity index (χ2v) is 11.9. The van der Waals surface area contributed by atoms with E-state index in [2.05, 4.69) is 16.0 Å². The molecule has 2 aliphatic heterocycles. The molecule has 11 nitrogen and oxygen atoms in total. The van der Waals surface area contributed by atoms with Crippen molar-refractivity contribution in [2.24, 2.45) is 17.8 Å². The van der Waals surface area contributed by atoms with Crippen molar-refractivity contribution in [3.8, 4) is 11.5 Å². The van der Waals surface area contributed by atoms with E-state index in [0.717, 1.165) is 37.2 Å². The van der Waals surface area contributed by atoms with Crippen LogP contribution in [0.4, 0.5) is 0 Å². The molecule has 3 aromatic rings. The molecule has 1 aliphatic carbocycles. The topological polar surface area (TPSA) is 137 Å². The molecule has 0 bridgehead atoms. The number of fused-ring (bicyclic) bond motifs is 6. The van der Waals surface area contributed by atoms with Gasteiger partial charge in [-0.15, -0.1) is 0 Å². The summed E-state index contributed by atoms with van der Waals surface area (Å²) in [5.41, 5.74) is 4.03. The van der Waals surface area contributed by atoms with E-state index in [4.69, 9.17) is 23.7 Å². The minimum Gasteiger partial charge on any atom is -0.497 e. The van der Waals surface area contributed by atoms with Gasteiger partial charge in [-0.05, 0) is 72.6 Å². The van der Waals surface area contributed by atoms with E-state index in [1.54, 1.807) is 13.2 Å². The molecule has 2 fully saturated rings. The van der Waals surface area contributed by atoms with Gasteiger partial charge in [-0.25, -0.2) is 9.59 Å². The van der Waals surface area contributed by atoms with Gasteiger partial charge in [0.1, 0.15) is 29.3 Å². The number of carbonyl (C=O) groups excluding carboxylic acids is 2. The van der Waals surface area contributed by atoms with Crippen molar-refractivity contribution < 1.29 is 43.2 Å². The van der Waals surface area contributed by atoms with Gasteiger partial charge in [0.15, 0.2) is 0 Å². The van der Waals surface area contributed by atoms with E-state index < -0.39 is 30.1 Å². The van der Waals surface area contributed by atoms with Gasteiger partial charge < -0.3 is 33.8 Å². The molecular weight excluding hydrogens is 580 g/mol. The zero-order chi connectivity index (χ0) is 31.8. The van der Waals surface area contributed by atoms with E-state index in [0.29, 0.717) is 12.0 Å². The molecule has 2 N–H and O–H groups in total. The first kappa shape index (κ1) is 30.7. The number of carboxylic acids is 1. The van der Waals surface area contributed by atoms with Crippen LogP contribution < -0.4 is 9.47 Å². The smallest absolute Gasteiger partial charge is 0.339 e. The zero-order valence-electron chi connectivity index (χ0n) is 25.8. The summed E-state index contributed by atoms with van der Waals surface area (Å²) in [4.78, 5) is 44.1. The molecule has 0 amide bonds. The van der Waals surface area contributed by atoms with Crippen LogP contribution in [-0.4, -0.2) is 86.6 Å². The number of H-pyrrole nitrogens is 1. The number of carbonyl (C=O) groups is 3. The number of benzene rings is 2. The summed E-state index contributed by atoms with van der Waals surface area (Å²) in [5.74, 6) is -1.66. The first-order valence-corrected chi connectivity index (χ1v) is 15.1. The highest BCUT2D eigenvalue weighted by molar-refractivity contribution is 5.93. The average Bonchev–Trinajstić information content (AvgIpc) is 3.43. The Morgan fingerprint density at radius 1 is 1.02 bits per heavy atom. The third-order valence-corrected chi connectivity index (χ3v) is 9.73. The van der Waals surface area contributed by atoms with Crippen molar-refractivity contribution >= 4 is 34.9 Å². The van der Waals surface area contributed by atoms with Crippen LogP contribution in [0.15, 0.2) is 42.5 Å². The molecular formula is C34H38N2O9. The molecule has 1 saturated carbocycles. The van der Waals surface area contributed by atoms with Crippen molar-refractivity contribution in [3.05, 3.63) is 64.9 Å². The quantitative estimate of drug-likeness (QED) is 0.279. The van der Waals surface area contributed by atoms with Gasteiger partial charge in [0.2, 0.25) is 0 Å². The second-order valence-electron chi connectivity index (χ2n) is 11.9. The number of ether oxygens (including phenoxy) is 5. The molecule has 6 rings (SSSR count). The minimum atomic E-state index is -1.14. The van der Waals surface area contributed by atoms with Crippen LogP contribution in [0.5, 0.6) is 11.5 Å². The second kappa shape index (κ2) is 12.6. The monoisotopic (exact) mass is 618 g/mol. The van der Waals surface area contributed by atoms with Crippen molar-refractivity contribution in [1.82, 2.24) is 9.88 Å². The zero-order valence-corrected chi connectivity index (χ0v) is 25.8. The number of rotatable bonds is 8. The molecule has 0 unspecified atom stereocenters. The number of hydrogen-bond acceptors (Lipinski definition) is 9. The molecule has 11 heteroatoms. The lowest BCUT2D eigenvalue weighted by molar-refractivity contribution is -0.187. The number of aromatic nitrogens is 1. The molecule has 1 saturated heterocycles. The Balaban J connectivity index is 1.23. The number of carboxylic acid groups (broad SMARTS) is 1. The van der Waals surface area contributed by atoms with Crippen LogP contribution in [0.1, 0.15) is 46.1 Å². The maximum atomic E-state index is 13.3. The highest BCUT2D eigenvalue weighted by atomic mass is 16.6. The lowest BCUT2D eigenvalue weighted by Gasteiger charge is -2.52. The summed E-state index contributed by atoms with van der Waals surface area (Å²) >= 11 is 0. The van der Waals surface area contributed by atoms with Crippen molar-refractivity contribution in [2.45, 2.75) is 37.5 Å². The fourth-order valence-corrected chi connectivity index (χ4v) is 7.71. The van der Waals surface area contributed by atoms with E-state index in [1.165, 1.54) is 62.3 Å². The molecule has 3 heterocycles. The van der Waals surface area contributed by atoms with Crippen LogP contribution in [0.2, 0.25) is 0 Å². The third-order valence-electron chi connectivity index (χ3n) is 9.73. The fourth-order valence-electron chi connectivity index (χ4n) is 7.71. The number of methoxy groups -OCH3 is 4. The van der Waals surface area contributed by atoms with E-state index in [-0.39, 0.29) is 35.2 Å². The van der Waals surface area contributed by atoms with Crippen LogP contribution in [0.3, 0.4) is 0 Å². The Morgan fingerprint density at radius 3 is 2.56 bits per heavy atom. The van der Waals surface area contributed by atoms with E-state index in [9.17, 15) is 19.5 Å². The minimum absolute atomic E-state index is 0.0145. The van der Waals surface area contributed by atoms with Gasteiger partial charge in [0.25, 0.3) is 0 Å². The van der Waals surface area contributed by atoms with Crippen LogP contribution in [-0.2, 0) is 30.2 Å². The Morgan fingerprint density at radius 2 is 1.84 bits per heavy atom. The van der Waals surface area contributed by atoms with Gasteiger partial charge in [-0.2, -0.15) is 0 Å². The van der Waals surface area contributed by atoms with Crippen LogP contribution in [0.25, 0.3) is 17.0 Å². The Hall–Kier alpha value is -4.35. The highest BCUT2D eigenvalue weighted by Crippen LogP contribution is 2.50. The van der Waals surface area contributed by atoms with Crippen molar-refractivity contribution in [2.75, 3.05) is 41.5 Å². The lowest BCUT2D eigenvalue weighted by Crippen LogP contribution is -2.58. The first-order valence-electron chi connectivity index (χ1n) is 15.1. The number of nitrogens with zero attached hydrogens (tertiary/aromatic N) is 1. The van der Waals surface area contributed by atoms with Gasteiger partial charge in [-0.3, -0.25) is 9.69 Å². The van der Waals surface area contributed by atoms with Gasteiger partial charge in [0.05, 0.1) is 33.3 Å². The lowest BCUT2D eigenvalue weighted by atomic mass is 9.63. The van der Waals surface area contributed by atoms with Gasteiger partial charge in [0, 0.05) is 48.9 Å². The molecule has 6 atom stereocenters. The molecule has 2 aromatic carbocycles. The fraction of sp³-hybridized carbons (Fsp3) is 0.441. The SMILES string of the molecule is COC(=O)[C@H]1[C@H]2C[C@@H]3c4[nH]c5cc(OC)ccc5c4CCN3C[C@H]2C[C@@H](OC(=O)/C=C/c2ccc(OC)c(C(=O)O)c2)[C@@H]1OC. The largest absolute Gasteiger partial charge is 0.497 e. The number of hydrogen-bond donors (Lipinski definition) is 2. The summed E-state index contributed by atoms with van der Waals surface area (Å²) in [7, 11) is 5.96. The summed E-state index contributed by atoms with van der Waals surface area (Å²) in [6.45, 7) is 1.65. The summed E-state index contributed by atoms with van der Waals surface area (Å²) < 4.78 is 27.7. The standard InChI is InChI=1S/C34H38N2O9/c1-41-20-7-8-21-22-11-12-36-17-19-14-28(45-29(37)10-6-18-5-9-27(42-2)24(13-18)33(38)39)32(43-3)30(34(40)44-4)23(19)16-26(36)31(22)35-25(21)15-20/h5-10,13,15,19,23,26,28,30,32,35H,11-12,14,16-17H2,1-4H3,(H,38,39)/b10-6+/t19-,23+,26-,28-,30+,32+/m1/s1. The van der Waals surface area contributed by atoms with E-state index >= 15 is 0 Å². The molecule has 1 aromatic heterocycles. The van der Waals surface area contributed by atoms with Crippen LogP contribution in [0, 0.1) is 17.8 Å². The first-order chi connectivity index (χ1) is 21.8. The predicted molar refractivity (Wildman–Crippen MR) is 164 cm³/mol. The maximum absolute atomic E-state index is 13.3. The molecule has 0 radical (unpaired) electrons. The Labute approximate surface area is 261 Å². The van der Waals surface area contributed by atoms with Gasteiger partial charge in [-0.1, -0.05) is 6.07 Å². The maximum Gasteiger partial charge on any atom is 0.339 e. The molecule has 45 heavy (non-hydrogen) atoms. The number of aromatic carboxylic acids is 1. The number of nitrogens with one attached hydrogen (secondary N) is 1. The van der Waals surface area contributed by atoms with Crippen LogP contribution >= 0.6 is 0 Å². The highest BCUT2D eigenvalue weighted by Gasteiger charge is 2.54. The number of piperidine rings is 1. The number of esters is 2. The molecule has 0 spiro atoms. The Bertz CT molecular complexity index is 1650. The van der Waals surface area contributed by atoms with Crippen molar-refractivity contribution in [3.63, 3.8) is 0 Å². The predicted octanol–water partition coefficient (Wildman–Crippen LogP) is 4.25. The third kappa shape index (κ3) is 5.66.